The third kappa shape index (κ3) is 9.42. The number of nitrogens with zero attached hydrogens (tertiary/aromatic N) is 2. The maximum atomic E-state index is 14.2. The van der Waals surface area contributed by atoms with Crippen LogP contribution in [0.2, 0.25) is 0 Å². The van der Waals surface area contributed by atoms with E-state index < -0.39 is 17.6 Å². The molecular weight excluding hydrogens is 500 g/mol. The average Bonchev–Trinajstić information content (AvgIpc) is 2.86. The van der Waals surface area contributed by atoms with Crippen molar-refractivity contribution in [3.05, 3.63) is 94.7 Å². The van der Waals surface area contributed by atoms with Crippen LogP contribution in [0.3, 0.4) is 0 Å². The summed E-state index contributed by atoms with van der Waals surface area (Å²) in [6, 6.07) is 8.11. The number of halogens is 4. The van der Waals surface area contributed by atoms with Crippen LogP contribution in [0, 0.1) is 12.7 Å². The number of rotatable bonds is 13. The Bertz CT molecular complexity index is 1130. The van der Waals surface area contributed by atoms with E-state index in [1.807, 2.05) is 57.0 Å². The number of hydrazine groups is 1. The Labute approximate surface area is 221 Å². The molecule has 0 saturated heterocycles. The van der Waals surface area contributed by atoms with Crippen LogP contribution < -0.4 is 16.3 Å². The quantitative estimate of drug-likeness (QED) is 0.150. The summed E-state index contributed by atoms with van der Waals surface area (Å²) in [6.07, 6.45) is 3.46. The van der Waals surface area contributed by atoms with Crippen LogP contribution in [-0.4, -0.2) is 42.8 Å². The van der Waals surface area contributed by atoms with E-state index in [-0.39, 0.29) is 11.6 Å². The van der Waals surface area contributed by atoms with Gasteiger partial charge in [-0.25, -0.2) is 10.2 Å². The van der Waals surface area contributed by atoms with Crippen molar-refractivity contribution >= 4 is 6.08 Å². The summed E-state index contributed by atoms with van der Waals surface area (Å²) >= 11 is 0. The van der Waals surface area contributed by atoms with Crippen molar-refractivity contribution in [1.82, 2.24) is 9.91 Å². The Morgan fingerprint density at radius 3 is 2.50 bits per heavy atom. The van der Waals surface area contributed by atoms with Gasteiger partial charge < -0.3 is 25.1 Å². The highest BCUT2D eigenvalue weighted by atomic mass is 19.4. The van der Waals surface area contributed by atoms with Gasteiger partial charge in [0.25, 0.3) is 0 Å². The van der Waals surface area contributed by atoms with Crippen LogP contribution in [0.15, 0.2) is 66.6 Å². The molecule has 1 atom stereocenters. The predicted octanol–water partition coefficient (Wildman–Crippen LogP) is 5.59. The lowest BCUT2D eigenvalue weighted by Crippen LogP contribution is -2.29. The molecule has 0 radical (unpaired) electrons. The molecule has 10 heteroatoms. The summed E-state index contributed by atoms with van der Waals surface area (Å²) in [5, 5.41) is 1.45. The monoisotopic (exact) mass is 536 g/mol. The van der Waals surface area contributed by atoms with Crippen molar-refractivity contribution in [2.45, 2.75) is 39.6 Å². The highest BCUT2D eigenvalue weighted by Crippen LogP contribution is 2.30. The zero-order chi connectivity index (χ0) is 28.3. The molecule has 0 spiro atoms. The van der Waals surface area contributed by atoms with Crippen LogP contribution in [-0.2, 0) is 17.5 Å². The molecule has 208 valence electrons. The lowest BCUT2D eigenvalue weighted by atomic mass is 10.1. The van der Waals surface area contributed by atoms with Crippen molar-refractivity contribution < 1.29 is 27.0 Å². The molecule has 0 amide bonds. The smallest absolute Gasteiger partial charge is 0.416 e. The van der Waals surface area contributed by atoms with Gasteiger partial charge in [0, 0.05) is 36.7 Å². The van der Waals surface area contributed by atoms with Crippen molar-refractivity contribution in [2.75, 3.05) is 26.8 Å². The standard InChI is InChI=1S/C28H36F4N4O2/c1-5-25(35(4)21(3)6-7-22-8-10-24(17-27(22)29)28(30,31)32)19-38-26-11-9-23(20(2)16-26)18-37-15-14-36(34)13-12-33/h5-13,16-17,21H,14-15,18-19,33-34H2,1-4H3/b7-6+,13-12-,25-5-. The second-order valence-corrected chi connectivity index (χ2v) is 8.73. The molecule has 0 aliphatic rings. The van der Waals surface area contributed by atoms with Gasteiger partial charge in [0.2, 0.25) is 0 Å². The first-order valence-electron chi connectivity index (χ1n) is 12.1. The van der Waals surface area contributed by atoms with Gasteiger partial charge in [0.15, 0.2) is 0 Å². The lowest BCUT2D eigenvalue weighted by Gasteiger charge is -2.27. The molecule has 0 aliphatic heterocycles. The first kappa shape index (κ1) is 30.7. The fourth-order valence-corrected chi connectivity index (χ4v) is 3.48. The molecule has 4 N–H and O–H groups in total. The van der Waals surface area contributed by atoms with Crippen LogP contribution in [0.25, 0.3) is 6.08 Å². The lowest BCUT2D eigenvalue weighted by molar-refractivity contribution is -0.137. The number of nitrogens with two attached hydrogens (primary N) is 2. The van der Waals surface area contributed by atoms with Gasteiger partial charge in [-0.3, -0.25) is 0 Å². The highest BCUT2D eigenvalue weighted by molar-refractivity contribution is 5.51. The molecule has 0 saturated carbocycles. The van der Waals surface area contributed by atoms with Gasteiger partial charge >= 0.3 is 6.18 Å². The molecule has 2 rings (SSSR count). The molecular formula is C28H36F4N4O2. The molecule has 6 nitrogen and oxygen atoms in total. The summed E-state index contributed by atoms with van der Waals surface area (Å²) in [5.41, 5.74) is 7.31. The summed E-state index contributed by atoms with van der Waals surface area (Å²) < 4.78 is 64.1. The topological polar surface area (TPSA) is 77.0 Å². The van der Waals surface area contributed by atoms with Gasteiger partial charge in [-0.05, 0) is 56.2 Å². The van der Waals surface area contributed by atoms with E-state index in [0.717, 1.165) is 29.0 Å². The molecule has 0 aliphatic carbocycles. The molecule has 2 aromatic carbocycles. The Balaban J connectivity index is 1.92. The number of hydrogen-bond donors (Lipinski definition) is 2. The first-order chi connectivity index (χ1) is 18.0. The number of alkyl halides is 3. The van der Waals surface area contributed by atoms with Crippen LogP contribution in [0.4, 0.5) is 17.6 Å². The van der Waals surface area contributed by atoms with E-state index >= 15 is 0 Å². The molecule has 0 bridgehead atoms. The Hall–Kier alpha value is -3.50. The van der Waals surface area contributed by atoms with E-state index in [0.29, 0.717) is 38.2 Å². The van der Waals surface area contributed by atoms with E-state index in [2.05, 4.69) is 0 Å². The number of aryl methyl sites for hydroxylation is 1. The largest absolute Gasteiger partial charge is 0.487 e. The normalized spacial score (nSPS) is 13.3. The summed E-state index contributed by atoms with van der Waals surface area (Å²) in [5.74, 6) is 5.48. The first-order valence-corrected chi connectivity index (χ1v) is 12.1. The van der Waals surface area contributed by atoms with Gasteiger partial charge in [0.05, 0.1) is 25.3 Å². The summed E-state index contributed by atoms with van der Waals surface area (Å²) in [4.78, 5) is 1.95. The van der Waals surface area contributed by atoms with Crippen LogP contribution in [0.5, 0.6) is 5.75 Å². The van der Waals surface area contributed by atoms with Crippen molar-refractivity contribution in [1.29, 1.82) is 0 Å². The number of likely N-dealkylation sites (N-methyl/N-ethyl adjacent to an activating group) is 1. The summed E-state index contributed by atoms with van der Waals surface area (Å²) in [7, 11) is 1.87. The van der Waals surface area contributed by atoms with Gasteiger partial charge in [-0.15, -0.1) is 0 Å². The van der Waals surface area contributed by atoms with E-state index in [1.165, 1.54) is 17.3 Å². The van der Waals surface area contributed by atoms with E-state index in [4.69, 9.17) is 21.1 Å². The average molecular weight is 537 g/mol. The molecule has 1 unspecified atom stereocenters. The Kier molecular flexibility index (Phi) is 11.7. The number of ether oxygens (including phenoxy) is 2. The molecule has 0 fully saturated rings. The van der Waals surface area contributed by atoms with Crippen molar-refractivity contribution in [2.24, 2.45) is 11.6 Å². The third-order valence-electron chi connectivity index (χ3n) is 6.01. The predicted molar refractivity (Wildman–Crippen MR) is 142 cm³/mol. The van der Waals surface area contributed by atoms with Gasteiger partial charge in [-0.1, -0.05) is 30.4 Å². The Morgan fingerprint density at radius 1 is 1.16 bits per heavy atom. The second kappa shape index (κ2) is 14.4. The SMILES string of the molecule is C/C=C(/COc1ccc(COCCN(N)/C=C\N)c(C)c1)N(C)C(C)/C=C/c1ccc(C(F)(F)F)cc1F. The van der Waals surface area contributed by atoms with E-state index in [1.54, 1.807) is 12.3 Å². The molecule has 38 heavy (non-hydrogen) atoms. The van der Waals surface area contributed by atoms with Crippen LogP contribution in [0.1, 0.15) is 36.1 Å². The van der Waals surface area contributed by atoms with Crippen molar-refractivity contribution in [3.63, 3.8) is 0 Å². The third-order valence-corrected chi connectivity index (χ3v) is 6.01. The number of allylic oxidation sites excluding steroid dienone is 1. The maximum absolute atomic E-state index is 14.2. The minimum absolute atomic E-state index is 0.0869. The highest BCUT2D eigenvalue weighted by Gasteiger charge is 2.31. The minimum atomic E-state index is -4.58. The zero-order valence-corrected chi connectivity index (χ0v) is 22.1. The summed E-state index contributed by atoms with van der Waals surface area (Å²) in [6.45, 7) is 7.48. The fraction of sp³-hybridized carbons (Fsp3) is 0.357. The molecule has 0 aromatic heterocycles. The zero-order valence-electron chi connectivity index (χ0n) is 22.1. The second-order valence-electron chi connectivity index (χ2n) is 8.73. The van der Waals surface area contributed by atoms with Crippen molar-refractivity contribution in [3.8, 4) is 5.75 Å². The minimum Gasteiger partial charge on any atom is -0.487 e. The molecule has 2 aromatic rings. The number of benzene rings is 2. The molecule has 0 heterocycles. The van der Waals surface area contributed by atoms with Gasteiger partial charge in [0.1, 0.15) is 18.2 Å². The van der Waals surface area contributed by atoms with E-state index in [9.17, 15) is 17.6 Å². The number of hydrogen-bond acceptors (Lipinski definition) is 6. The maximum Gasteiger partial charge on any atom is 0.416 e. The van der Waals surface area contributed by atoms with Gasteiger partial charge in [-0.2, -0.15) is 13.2 Å². The Morgan fingerprint density at radius 2 is 1.89 bits per heavy atom. The fourth-order valence-electron chi connectivity index (χ4n) is 3.48. The van der Waals surface area contributed by atoms with Crippen LogP contribution >= 0.6 is 0 Å².